The highest BCUT2D eigenvalue weighted by molar-refractivity contribution is 7.08. The third-order valence-electron chi connectivity index (χ3n) is 8.85. The maximum atomic E-state index is 2.61. The van der Waals surface area contributed by atoms with Crippen LogP contribution in [0, 0.1) is 0 Å². The lowest BCUT2D eigenvalue weighted by atomic mass is 10.0. The maximum Gasteiger partial charge on any atom is 0.144 e. The molecule has 4 rings (SSSR count). The second-order valence-corrected chi connectivity index (χ2v) is 14.8. The molecule has 0 amide bonds. The van der Waals surface area contributed by atoms with Crippen molar-refractivity contribution in [1.29, 1.82) is 0 Å². The fourth-order valence-electron chi connectivity index (χ4n) is 6.73. The van der Waals surface area contributed by atoms with Crippen LogP contribution in [0.3, 0.4) is 0 Å². The third kappa shape index (κ3) is 2.72. The monoisotopic (exact) mass is 424 g/mol. The van der Waals surface area contributed by atoms with Gasteiger partial charge in [0.1, 0.15) is 8.07 Å². The molecule has 2 aliphatic carbocycles. The van der Waals surface area contributed by atoms with Gasteiger partial charge in [-0.3, -0.25) is 0 Å². The first-order valence-corrected chi connectivity index (χ1v) is 13.5. The zero-order valence-corrected chi connectivity index (χ0v) is 21.4. The molecular formula is C30H36Si. The molecule has 31 heavy (non-hydrogen) atoms. The molecule has 0 spiro atoms. The zero-order valence-electron chi connectivity index (χ0n) is 20.4. The van der Waals surface area contributed by atoms with Crippen molar-refractivity contribution in [3.63, 3.8) is 0 Å². The molecule has 0 nitrogen and oxygen atoms in total. The summed E-state index contributed by atoms with van der Waals surface area (Å²) in [4.78, 5) is 0. The summed E-state index contributed by atoms with van der Waals surface area (Å²) < 4.78 is 0. The minimum Gasteiger partial charge on any atom is -0.0733 e. The van der Waals surface area contributed by atoms with Gasteiger partial charge in [0.05, 0.1) is 0 Å². The van der Waals surface area contributed by atoms with Crippen molar-refractivity contribution in [3.05, 3.63) is 106 Å². The number of benzene rings is 2. The van der Waals surface area contributed by atoms with Gasteiger partial charge >= 0.3 is 0 Å². The predicted octanol–water partition coefficient (Wildman–Crippen LogP) is 7.36. The molecule has 1 heteroatoms. The van der Waals surface area contributed by atoms with E-state index in [1.807, 2.05) is 0 Å². The molecule has 0 saturated carbocycles. The van der Waals surface area contributed by atoms with Crippen LogP contribution in [-0.4, -0.2) is 8.07 Å². The lowest BCUT2D eigenvalue weighted by Crippen LogP contribution is -2.71. The normalized spacial score (nSPS) is 26.5. The van der Waals surface area contributed by atoms with E-state index in [2.05, 4.69) is 128 Å². The van der Waals surface area contributed by atoms with Crippen LogP contribution in [0.25, 0.3) is 0 Å². The molecule has 0 radical (unpaired) electrons. The van der Waals surface area contributed by atoms with E-state index < -0.39 is 8.07 Å². The van der Waals surface area contributed by atoms with Crippen LogP contribution < -0.4 is 10.4 Å². The van der Waals surface area contributed by atoms with Gasteiger partial charge in [-0.1, -0.05) is 119 Å². The van der Waals surface area contributed by atoms with E-state index in [0.29, 0.717) is 0 Å². The maximum absolute atomic E-state index is 2.61. The Morgan fingerprint density at radius 3 is 1.10 bits per heavy atom. The summed E-state index contributed by atoms with van der Waals surface area (Å²) in [6.07, 6.45) is 5.22. The quantitative estimate of drug-likeness (QED) is 0.450. The van der Waals surface area contributed by atoms with Gasteiger partial charge in [0.25, 0.3) is 0 Å². The van der Waals surface area contributed by atoms with Crippen molar-refractivity contribution >= 4 is 18.4 Å². The van der Waals surface area contributed by atoms with Crippen LogP contribution in [0.1, 0.15) is 55.4 Å². The topological polar surface area (TPSA) is 0 Å². The smallest absolute Gasteiger partial charge is 0.0733 e. The molecule has 0 aromatic heterocycles. The van der Waals surface area contributed by atoms with Crippen LogP contribution >= 0.6 is 0 Å². The van der Waals surface area contributed by atoms with E-state index in [1.165, 1.54) is 43.8 Å². The zero-order chi connectivity index (χ0) is 22.6. The van der Waals surface area contributed by atoms with Gasteiger partial charge in [0, 0.05) is 10.1 Å². The molecule has 2 unspecified atom stereocenters. The van der Waals surface area contributed by atoms with E-state index in [1.54, 1.807) is 0 Å². The van der Waals surface area contributed by atoms with Gasteiger partial charge in [0.15, 0.2) is 0 Å². The third-order valence-corrected chi connectivity index (χ3v) is 15.4. The minimum absolute atomic E-state index is 0.0265. The van der Waals surface area contributed by atoms with Crippen molar-refractivity contribution < 1.29 is 0 Å². The molecule has 2 atom stereocenters. The highest BCUT2D eigenvalue weighted by atomic mass is 28.3. The second-order valence-electron chi connectivity index (χ2n) is 10.0. The van der Waals surface area contributed by atoms with Crippen LogP contribution in [0.15, 0.2) is 106 Å². The first kappa shape index (κ1) is 21.8. The Hall–Kier alpha value is -2.38. The number of allylic oxidation sites excluding steroid dienone is 8. The summed E-state index contributed by atoms with van der Waals surface area (Å²) in [6.45, 7) is 19.1. The largest absolute Gasteiger partial charge is 0.144 e. The van der Waals surface area contributed by atoms with E-state index in [0.717, 1.165) is 0 Å². The molecule has 0 fully saturated rings. The van der Waals surface area contributed by atoms with Gasteiger partial charge in [-0.05, 0) is 52.7 Å². The van der Waals surface area contributed by atoms with Crippen molar-refractivity contribution in [3.8, 4) is 0 Å². The van der Waals surface area contributed by atoms with E-state index in [4.69, 9.17) is 0 Å². The van der Waals surface area contributed by atoms with Crippen molar-refractivity contribution in [2.75, 3.05) is 0 Å². The summed E-state index contributed by atoms with van der Waals surface area (Å²) in [5.41, 5.74) is 8.87. The van der Waals surface area contributed by atoms with Crippen LogP contribution in [0.5, 0.6) is 0 Å². The second kappa shape index (κ2) is 7.34. The standard InChI is InChI=1S/C30H36Si/c1-21-19-29(7,25(5)23(21)3)31(27-15-11-9-12-16-27,28-17-13-10-14-18-28)30(8)20-22(2)24(4)26(30)6/h9-20H,1-8H3. The van der Waals surface area contributed by atoms with Crippen molar-refractivity contribution in [2.45, 2.75) is 65.5 Å². The number of hydrogen-bond acceptors (Lipinski definition) is 0. The predicted molar refractivity (Wildman–Crippen MR) is 139 cm³/mol. The molecule has 0 aliphatic heterocycles. The summed E-state index contributed by atoms with van der Waals surface area (Å²) in [5.74, 6) is 0. The molecule has 2 aromatic rings. The summed E-state index contributed by atoms with van der Waals surface area (Å²) >= 11 is 0. The molecule has 0 heterocycles. The van der Waals surface area contributed by atoms with Gasteiger partial charge in [-0.15, -0.1) is 0 Å². The Labute approximate surface area is 190 Å². The average molecular weight is 425 g/mol. The fourth-order valence-corrected chi connectivity index (χ4v) is 14.3. The Kier molecular flexibility index (Phi) is 5.17. The average Bonchev–Trinajstić information content (AvgIpc) is 3.09. The minimum atomic E-state index is -2.49. The van der Waals surface area contributed by atoms with Crippen LogP contribution in [0.4, 0.5) is 0 Å². The SMILES string of the molecule is CC1=CC(C)([Si](c2ccccc2)(c2ccccc2)C2(C)C=C(C)C(C)=C2C)C(C)=C1C. The van der Waals surface area contributed by atoms with Gasteiger partial charge in [0.2, 0.25) is 0 Å². The lowest BCUT2D eigenvalue weighted by molar-refractivity contribution is 0.765. The fraction of sp³-hybridized carbons (Fsp3) is 0.333. The first-order chi connectivity index (χ1) is 14.6. The molecular weight excluding hydrogens is 388 g/mol. The molecule has 0 N–H and O–H groups in total. The summed E-state index contributed by atoms with van der Waals surface area (Å²) in [6, 6.07) is 22.9. The Bertz CT molecular complexity index is 1050. The molecule has 2 aliphatic rings. The number of hydrogen-bond donors (Lipinski definition) is 0. The van der Waals surface area contributed by atoms with Crippen LogP contribution in [0.2, 0.25) is 10.1 Å². The molecule has 2 aromatic carbocycles. The van der Waals surface area contributed by atoms with Crippen molar-refractivity contribution in [1.82, 2.24) is 0 Å². The Morgan fingerprint density at radius 1 is 0.516 bits per heavy atom. The number of rotatable bonds is 4. The molecule has 0 bridgehead atoms. The Balaban J connectivity index is 2.25. The van der Waals surface area contributed by atoms with E-state index >= 15 is 0 Å². The highest BCUT2D eigenvalue weighted by Gasteiger charge is 2.64. The Morgan fingerprint density at radius 2 is 0.839 bits per heavy atom. The molecule has 160 valence electrons. The van der Waals surface area contributed by atoms with Gasteiger partial charge < -0.3 is 0 Å². The molecule has 0 saturated heterocycles. The summed E-state index contributed by atoms with van der Waals surface area (Å²) in [7, 11) is -2.49. The van der Waals surface area contributed by atoms with Crippen LogP contribution in [-0.2, 0) is 0 Å². The summed E-state index contributed by atoms with van der Waals surface area (Å²) in [5, 5.41) is 2.98. The van der Waals surface area contributed by atoms with Gasteiger partial charge in [-0.2, -0.15) is 0 Å². The highest BCUT2D eigenvalue weighted by Crippen LogP contribution is 2.65. The van der Waals surface area contributed by atoms with E-state index in [9.17, 15) is 0 Å². The van der Waals surface area contributed by atoms with Gasteiger partial charge in [-0.25, -0.2) is 0 Å². The lowest BCUT2D eigenvalue weighted by Gasteiger charge is -2.55. The van der Waals surface area contributed by atoms with E-state index in [-0.39, 0.29) is 10.1 Å². The van der Waals surface area contributed by atoms with Crippen molar-refractivity contribution in [2.24, 2.45) is 0 Å². The first-order valence-electron chi connectivity index (χ1n) is 11.5.